The Morgan fingerprint density at radius 3 is 1.69 bits per heavy atom. The normalized spacial score (nSPS) is 14.6. The van der Waals surface area contributed by atoms with E-state index in [0.717, 1.165) is 17.8 Å². The van der Waals surface area contributed by atoms with Gasteiger partial charge in [0.05, 0.1) is 12.3 Å². The Morgan fingerprint density at radius 1 is 0.931 bits per heavy atom. The molecule has 0 N–H and O–H groups in total. The van der Waals surface area contributed by atoms with Gasteiger partial charge in [-0.15, -0.1) is 0 Å². The number of nitrogens with zero attached hydrogens (tertiary/aromatic N) is 1. The summed E-state index contributed by atoms with van der Waals surface area (Å²) in [4.78, 5) is 0. The van der Waals surface area contributed by atoms with Crippen molar-refractivity contribution in [3.8, 4) is 0 Å². The molecule has 0 heterocycles. The van der Waals surface area contributed by atoms with E-state index in [-0.39, 0.29) is 16.2 Å². The second-order valence-corrected chi connectivity index (χ2v) is 13.0. The Kier molecular flexibility index (Phi) is 9.01. The minimum absolute atomic E-state index is 0.0182. The van der Waals surface area contributed by atoms with Gasteiger partial charge in [0.1, 0.15) is 0 Å². The smallest absolute Gasteiger partial charge is 0.166 e. The first-order chi connectivity index (χ1) is 13.0. The Balaban J connectivity index is 3.86. The Bertz CT molecular complexity index is 736. The fraction of sp³-hybridized carbons (Fsp3) is 0.680. The molecule has 0 fully saturated rings. The topological polar surface area (TPSA) is 21.6 Å². The third kappa shape index (κ3) is 7.35. The number of hydrogen-bond acceptors (Lipinski definition) is 2. The molecule has 0 radical (unpaired) electrons. The quantitative estimate of drug-likeness (QED) is 0.211. The van der Waals surface area contributed by atoms with Crippen LogP contribution in [-0.4, -0.2) is 6.61 Å². The van der Waals surface area contributed by atoms with Crippen LogP contribution in [0.25, 0.3) is 0 Å². The van der Waals surface area contributed by atoms with Crippen molar-refractivity contribution in [1.29, 1.82) is 0 Å². The fourth-order valence-corrected chi connectivity index (χ4v) is 5.06. The fourth-order valence-electron chi connectivity index (χ4n) is 3.00. The highest BCUT2D eigenvalue weighted by molar-refractivity contribution is 14.1. The van der Waals surface area contributed by atoms with Crippen LogP contribution in [-0.2, 0) is 21.0 Å². The molecule has 0 bridgehead atoms. The van der Waals surface area contributed by atoms with Crippen molar-refractivity contribution in [3.63, 3.8) is 0 Å². The van der Waals surface area contributed by atoms with E-state index in [1.807, 2.05) is 6.92 Å². The van der Waals surface area contributed by atoms with Crippen molar-refractivity contribution in [2.24, 2.45) is 10.7 Å². The van der Waals surface area contributed by atoms with Crippen LogP contribution in [0.15, 0.2) is 26.0 Å². The molecule has 2 nitrogen and oxygen atoms in total. The van der Waals surface area contributed by atoms with Gasteiger partial charge in [-0.3, -0.25) is 0 Å². The number of halogens is 1. The van der Waals surface area contributed by atoms with Crippen molar-refractivity contribution in [2.45, 2.75) is 99.3 Å². The minimum atomic E-state index is 0.0182. The monoisotopic (exact) mass is 529 g/mol. The van der Waals surface area contributed by atoms with Gasteiger partial charge in [-0.2, -0.15) is 0 Å². The zero-order valence-corrected chi connectivity index (χ0v) is 23.7. The van der Waals surface area contributed by atoms with E-state index in [9.17, 15) is 0 Å². The molecule has 0 amide bonds. The summed E-state index contributed by atoms with van der Waals surface area (Å²) in [5.41, 5.74) is 5.33. The Labute approximate surface area is 195 Å². The van der Waals surface area contributed by atoms with Gasteiger partial charge in [-0.1, -0.05) is 88.3 Å². The average Bonchev–Trinajstić information content (AvgIpc) is 2.51. The molecule has 0 aromatic heterocycles. The van der Waals surface area contributed by atoms with Gasteiger partial charge in [-0.25, -0.2) is 4.74 Å². The van der Waals surface area contributed by atoms with Gasteiger partial charge < -0.3 is 4.74 Å². The van der Waals surface area contributed by atoms with Crippen molar-refractivity contribution < 1.29 is 4.74 Å². The summed E-state index contributed by atoms with van der Waals surface area (Å²) in [6.45, 7) is 27.8. The summed E-state index contributed by atoms with van der Waals surface area (Å²) in [6, 6.07) is 4.77. The molecule has 1 aromatic rings. The molecule has 0 aliphatic carbocycles. The summed E-state index contributed by atoms with van der Waals surface area (Å²) in [6.07, 6.45) is 0. The summed E-state index contributed by atoms with van der Waals surface area (Å²) in [7, 11) is 0.977. The lowest BCUT2D eigenvalue weighted by Gasteiger charge is -2.32. The maximum atomic E-state index is 5.81. The van der Waals surface area contributed by atoms with Gasteiger partial charge in [0.15, 0.2) is 3.77 Å². The van der Waals surface area contributed by atoms with E-state index >= 15 is 0 Å². The molecule has 0 saturated carbocycles. The maximum absolute atomic E-state index is 5.81. The summed E-state index contributed by atoms with van der Waals surface area (Å²) >= 11 is 2.32. The zero-order chi connectivity index (χ0) is 22.8. The molecule has 0 aliphatic rings. The van der Waals surface area contributed by atoms with Crippen LogP contribution >= 0.6 is 31.0 Å². The minimum Gasteiger partial charge on any atom is -0.487 e. The van der Waals surface area contributed by atoms with Crippen LogP contribution in [0.1, 0.15) is 99.8 Å². The molecule has 0 atom stereocenters. The summed E-state index contributed by atoms with van der Waals surface area (Å²) in [5, 5.41) is 1.24. The highest BCUT2D eigenvalue weighted by Gasteiger charge is 2.29. The lowest BCUT2D eigenvalue weighted by Crippen LogP contribution is -2.21. The Morgan fingerprint density at radius 2 is 1.38 bits per heavy atom. The molecular weight excluding hydrogens is 488 g/mol. The van der Waals surface area contributed by atoms with Crippen LogP contribution in [0.4, 0.5) is 5.69 Å². The van der Waals surface area contributed by atoms with E-state index in [1.165, 1.54) is 22.0 Å². The molecule has 1 aromatic carbocycles. The molecule has 4 heteroatoms. The first-order valence-corrected chi connectivity index (χ1v) is 12.6. The van der Waals surface area contributed by atoms with Crippen LogP contribution in [0, 0.1) is 5.92 Å². The van der Waals surface area contributed by atoms with Crippen molar-refractivity contribution >= 4 is 36.7 Å². The van der Waals surface area contributed by atoms with E-state index in [2.05, 4.69) is 111 Å². The predicted molar refractivity (Wildman–Crippen MR) is 139 cm³/mol. The van der Waals surface area contributed by atoms with Gasteiger partial charge in [0.25, 0.3) is 0 Å². The van der Waals surface area contributed by atoms with Crippen molar-refractivity contribution in [1.82, 2.24) is 0 Å². The van der Waals surface area contributed by atoms with E-state index in [4.69, 9.17) is 9.48 Å². The highest BCUT2D eigenvalue weighted by atomic mass is 127. The summed E-state index contributed by atoms with van der Waals surface area (Å²) < 4.78 is 12.0. The molecule has 0 unspecified atom stereocenters. The average molecular weight is 529 g/mol. The second kappa shape index (κ2) is 9.81. The number of benzene rings is 1. The van der Waals surface area contributed by atoms with Crippen LogP contribution in [0.5, 0.6) is 0 Å². The van der Waals surface area contributed by atoms with Crippen LogP contribution < -0.4 is 0 Å². The number of allylic oxidation sites excluding steroid dienone is 1. The number of rotatable bonds is 5. The third-order valence-corrected chi connectivity index (χ3v) is 7.42. The third-order valence-electron chi connectivity index (χ3n) is 4.87. The van der Waals surface area contributed by atoms with Gasteiger partial charge in [-0.05, 0) is 68.4 Å². The maximum Gasteiger partial charge on any atom is 0.166 e. The molecular formula is C25H41INOP. The number of hydrogen-bond donors (Lipinski definition) is 0. The predicted octanol–water partition coefficient (Wildman–Crippen LogP) is 9.64. The molecule has 0 spiro atoms. The highest BCUT2D eigenvalue weighted by Crippen LogP contribution is 2.45. The van der Waals surface area contributed by atoms with Crippen LogP contribution in [0.2, 0.25) is 0 Å². The second-order valence-electron chi connectivity index (χ2n) is 11.1. The number of ether oxygens (including phenoxy) is 1. The lowest BCUT2D eigenvalue weighted by molar-refractivity contribution is 0.260. The molecule has 1 rings (SSSR count). The zero-order valence-electron chi connectivity index (χ0n) is 20.6. The largest absolute Gasteiger partial charge is 0.487 e. The van der Waals surface area contributed by atoms with Crippen LogP contribution in [0.3, 0.4) is 0 Å². The molecule has 0 aliphatic heterocycles. The molecule has 164 valence electrons. The Hall–Kier alpha value is -0.410. The first kappa shape index (κ1) is 26.6. The van der Waals surface area contributed by atoms with E-state index < -0.39 is 0 Å². The summed E-state index contributed by atoms with van der Waals surface area (Å²) in [5.74, 6) is 0.392. The SMILES string of the molecule is CCO/C(I)=C(/P=Nc1c(C(C)(C)C)cc(C(C)(C)C)cc1C(C)(C)C)C(C)C. The van der Waals surface area contributed by atoms with Crippen molar-refractivity contribution in [3.05, 3.63) is 37.9 Å². The van der Waals surface area contributed by atoms with E-state index in [1.54, 1.807) is 0 Å². The van der Waals surface area contributed by atoms with Crippen molar-refractivity contribution in [2.75, 3.05) is 6.61 Å². The lowest BCUT2D eigenvalue weighted by atomic mass is 9.74. The van der Waals surface area contributed by atoms with Gasteiger partial charge in [0, 0.05) is 13.7 Å². The molecule has 0 saturated heterocycles. The standard InChI is InChI=1S/C25H41INOP/c1-13-28-22(26)21(16(2)3)29-27-20-18(24(7,8)9)14-17(23(4,5)6)15-19(20)25(10,11)12/h14-16H,13H2,1-12H3/b22-21+. The van der Waals surface area contributed by atoms with Gasteiger partial charge >= 0.3 is 0 Å². The first-order valence-electron chi connectivity index (χ1n) is 10.6. The molecule has 29 heavy (non-hydrogen) atoms. The van der Waals surface area contributed by atoms with E-state index in [0.29, 0.717) is 12.5 Å². The van der Waals surface area contributed by atoms with Gasteiger partial charge in [0.2, 0.25) is 0 Å².